The number of para-hydroxylation sites is 1. The van der Waals surface area contributed by atoms with Crippen LogP contribution in [-0.2, 0) is 52.9 Å². The number of imide groups is 1. The molecule has 2 amide bonds. The first kappa shape index (κ1) is 74.9. The quantitative estimate of drug-likeness (QED) is 0.0963. The molecule has 5 aromatic heterocycles. The maximum absolute atomic E-state index is 12.1. The van der Waals surface area contributed by atoms with Crippen LogP contribution in [0.2, 0.25) is 0 Å². The lowest BCUT2D eigenvalue weighted by Crippen LogP contribution is -2.43. The number of aryl methyl sites for hydroxylation is 5. The van der Waals surface area contributed by atoms with Crippen LogP contribution in [0.4, 0.5) is 0 Å². The smallest absolute Gasteiger partial charge is 0.332 e. The lowest BCUT2D eigenvalue weighted by Gasteiger charge is -2.26. The Kier molecular flexibility index (Phi) is 28.1. The van der Waals surface area contributed by atoms with E-state index in [1.807, 2.05) is 68.4 Å². The Morgan fingerprint density at radius 3 is 1.32 bits per heavy atom. The van der Waals surface area contributed by atoms with Gasteiger partial charge in [-0.3, -0.25) is 84.4 Å². The van der Waals surface area contributed by atoms with Crippen molar-refractivity contribution in [2.75, 3.05) is 7.11 Å². The number of benzene rings is 1. The molecule has 0 spiro atoms. The summed E-state index contributed by atoms with van der Waals surface area (Å²) in [5.41, 5.74) is 1.17. The van der Waals surface area contributed by atoms with Crippen molar-refractivity contribution in [1.29, 1.82) is 0 Å². The zero-order chi connectivity index (χ0) is 67.7. The van der Waals surface area contributed by atoms with Gasteiger partial charge in [0.2, 0.25) is 5.91 Å². The van der Waals surface area contributed by atoms with Crippen LogP contribution in [0.1, 0.15) is 163 Å². The van der Waals surface area contributed by atoms with Gasteiger partial charge in [-0.25, -0.2) is 24.0 Å². The molecule has 6 heterocycles. The van der Waals surface area contributed by atoms with Crippen LogP contribution < -0.4 is 56.2 Å². The van der Waals surface area contributed by atoms with E-state index in [0.717, 1.165) is 22.3 Å². The number of hydrogen-bond donors (Lipinski definition) is 0. The topological polar surface area (TPSA) is 284 Å². The number of esters is 1. The van der Waals surface area contributed by atoms with E-state index in [2.05, 4.69) is 10.7 Å². The fourth-order valence-electron chi connectivity index (χ4n) is 9.13. The van der Waals surface area contributed by atoms with Crippen molar-refractivity contribution in [3.63, 3.8) is 0 Å². The first-order valence-corrected chi connectivity index (χ1v) is 28.9. The van der Waals surface area contributed by atoms with Crippen molar-refractivity contribution < 1.29 is 19.1 Å². The number of methoxy groups -OCH3 is 1. The van der Waals surface area contributed by atoms with Crippen molar-refractivity contribution in [3.8, 4) is 12.3 Å². The molecule has 25 nitrogen and oxygen atoms in total. The van der Waals surface area contributed by atoms with Gasteiger partial charge in [0.15, 0.2) is 0 Å². The zero-order valence-electron chi connectivity index (χ0n) is 54.9. The molecular formula is C63H89N11O14. The summed E-state index contributed by atoms with van der Waals surface area (Å²) in [6.07, 6.45) is 7.96. The molecule has 0 bridgehead atoms. The first-order valence-electron chi connectivity index (χ1n) is 28.9. The molecule has 88 heavy (non-hydrogen) atoms. The van der Waals surface area contributed by atoms with Crippen LogP contribution in [0.5, 0.6) is 0 Å². The van der Waals surface area contributed by atoms with Crippen LogP contribution in [0.3, 0.4) is 0 Å². The number of amides is 2. The van der Waals surface area contributed by atoms with E-state index in [9.17, 15) is 62.3 Å². The third-order valence-corrected chi connectivity index (χ3v) is 13.7. The van der Waals surface area contributed by atoms with Crippen molar-refractivity contribution in [2.45, 2.75) is 193 Å². The van der Waals surface area contributed by atoms with E-state index < -0.39 is 11.7 Å². The predicted octanol–water partition coefficient (Wildman–Crippen LogP) is 4.73. The van der Waals surface area contributed by atoms with Crippen molar-refractivity contribution in [3.05, 3.63) is 187 Å². The number of carbonyl (C=O) groups excluding carboxylic acids is 3. The van der Waals surface area contributed by atoms with Gasteiger partial charge >= 0.3 is 34.4 Å². The molecule has 0 fully saturated rings. The molecule has 7 rings (SSSR count). The number of carbonyl (C=O) groups is 3. The Bertz CT molecular complexity index is 4210. The zero-order valence-corrected chi connectivity index (χ0v) is 54.9. The number of ether oxygens (including phenoxy) is 1. The van der Waals surface area contributed by atoms with Gasteiger partial charge in [-0.2, -0.15) is 0 Å². The van der Waals surface area contributed by atoms with Crippen molar-refractivity contribution in [2.24, 2.45) is 14.1 Å². The van der Waals surface area contributed by atoms with E-state index in [1.54, 1.807) is 99.2 Å². The molecule has 0 saturated carbocycles. The van der Waals surface area contributed by atoms with Crippen LogP contribution in [0.15, 0.2) is 108 Å². The summed E-state index contributed by atoms with van der Waals surface area (Å²) < 4.78 is 17.9. The number of fused-ring (bicyclic) bond motifs is 1. The second-order valence-electron chi connectivity index (χ2n) is 22.6. The molecular weight excluding hydrogens is 1130 g/mol. The van der Waals surface area contributed by atoms with E-state index in [1.165, 1.54) is 78.9 Å². The number of nitrogens with zero attached hydrogens (tertiary/aromatic N) is 11. The molecule has 1 aliphatic rings. The molecule has 480 valence electrons. The molecule has 1 aromatic carbocycles. The van der Waals surface area contributed by atoms with Gasteiger partial charge in [-0.15, -0.1) is 6.42 Å². The fraction of sp³-hybridized carbons (Fsp3) is 0.508. The highest BCUT2D eigenvalue weighted by atomic mass is 16.5. The van der Waals surface area contributed by atoms with Crippen molar-refractivity contribution in [1.82, 2.24) is 50.6 Å². The Morgan fingerprint density at radius 1 is 0.523 bits per heavy atom. The molecule has 0 aliphatic carbocycles. The fourth-order valence-corrected chi connectivity index (χ4v) is 9.13. The lowest BCUT2D eigenvalue weighted by molar-refractivity contribution is -0.144. The minimum absolute atomic E-state index is 0.0330. The van der Waals surface area contributed by atoms with Crippen LogP contribution in [-0.4, -0.2) is 81.5 Å². The number of hydrogen-bond acceptors (Lipinski definition) is 14. The average molecular weight is 1220 g/mol. The summed E-state index contributed by atoms with van der Waals surface area (Å²) in [5, 5.41) is 0.582. The summed E-state index contributed by atoms with van der Waals surface area (Å²) in [6.45, 7) is 33.0. The Hall–Kier alpha value is -9.21. The third kappa shape index (κ3) is 18.6. The monoisotopic (exact) mass is 1220 g/mol. The summed E-state index contributed by atoms with van der Waals surface area (Å²) in [7, 11) is 4.60. The largest absolute Gasteiger partial charge is 0.468 e. The highest BCUT2D eigenvalue weighted by Crippen LogP contribution is 2.15. The van der Waals surface area contributed by atoms with E-state index in [0.29, 0.717) is 41.0 Å². The minimum atomic E-state index is -0.524. The summed E-state index contributed by atoms with van der Waals surface area (Å²) >= 11 is 0. The Labute approximate surface area is 510 Å². The highest BCUT2D eigenvalue weighted by molar-refractivity contribution is 6.05. The SMILES string of the molecule is C#CCn1c(C)cc(=O)n(C(C)C)c1=O.CC(C)n1c(=O)c2ccccc2n(C)c1=O.CC1=CC(=O)N(C(C)C)C(=O)C1.CCCn1c(C)cc(=O)n(C(C)C)c1=O.COC(=O)Cn1c(C)cc(=O)n(C(C)C)c1=O.Cc1cc(=O)n(C(C)C)c(=O)n1C. The lowest BCUT2D eigenvalue weighted by atomic mass is 10.1. The van der Waals surface area contributed by atoms with Gasteiger partial charge in [-0.1, -0.05) is 30.6 Å². The normalized spacial score (nSPS) is 11.9. The number of rotatable bonds is 11. The number of aromatic nitrogens is 10. The maximum atomic E-state index is 12.1. The van der Waals surface area contributed by atoms with Gasteiger partial charge in [-0.05, 0) is 136 Å². The molecule has 0 radical (unpaired) electrons. The summed E-state index contributed by atoms with van der Waals surface area (Å²) in [5.74, 6) is 1.61. The van der Waals surface area contributed by atoms with Gasteiger partial charge in [0.25, 0.3) is 33.7 Å². The van der Waals surface area contributed by atoms with Gasteiger partial charge in [0.05, 0.1) is 24.6 Å². The standard InChI is InChI=1S/C12H14N2O2.C11H16N2O4.C11H18N2O2.C11H14N2O2.C9H14N2O2.C9H13NO2/c1-8(2)14-11(15)9-6-4-5-7-10(9)13(3)12(14)16;1-7(2)13-9(14)5-8(3)12(11(13)16)6-10(15)17-4;2*1-5-6-12-9(4)7-10(14)13(8(2)3)11(12)15;1-6(2)11-8(12)5-7(3)10(4)9(11)13;1-6(2)10-8(11)4-7(3)5-9(10)12/h4-8H,1-3H3;5,7H,6H2,1-4H3;7-8H,5-6H2,1-4H3;1,7-8H,6H2,2-4H3;5-6H,1-4H3;4,6H,5H2,1-3H3. The predicted molar refractivity (Wildman–Crippen MR) is 342 cm³/mol. The third-order valence-electron chi connectivity index (χ3n) is 13.7. The number of terminal acetylenes is 1. The van der Waals surface area contributed by atoms with Crippen LogP contribution in [0, 0.1) is 40.0 Å². The molecule has 0 saturated heterocycles. The van der Waals surface area contributed by atoms with Crippen LogP contribution >= 0.6 is 0 Å². The van der Waals surface area contributed by atoms with Gasteiger partial charge in [0, 0.05) is 116 Å². The van der Waals surface area contributed by atoms with E-state index in [-0.39, 0.29) is 112 Å². The molecule has 6 aromatic rings. The summed E-state index contributed by atoms with van der Waals surface area (Å²) in [4.78, 5) is 153. The Morgan fingerprint density at radius 2 is 0.909 bits per heavy atom. The van der Waals surface area contributed by atoms with E-state index >= 15 is 0 Å². The molecule has 25 heteroatoms. The second kappa shape index (κ2) is 33.1. The summed E-state index contributed by atoms with van der Waals surface area (Å²) in [6, 6.07) is 12.2. The van der Waals surface area contributed by atoms with E-state index in [4.69, 9.17) is 6.42 Å². The molecule has 0 unspecified atom stereocenters. The average Bonchev–Trinajstić information content (AvgIpc) is 2.02. The second-order valence-corrected chi connectivity index (χ2v) is 22.6. The molecule has 0 N–H and O–H groups in total. The van der Waals surface area contributed by atoms with Gasteiger partial charge in [0.1, 0.15) is 6.54 Å². The molecule has 1 aliphatic heterocycles. The maximum Gasteiger partial charge on any atom is 0.332 e. The van der Waals surface area contributed by atoms with Crippen LogP contribution in [0.25, 0.3) is 10.9 Å². The van der Waals surface area contributed by atoms with Gasteiger partial charge < -0.3 is 9.30 Å². The molecule has 0 atom stereocenters. The Balaban J connectivity index is 0.000000361. The first-order chi connectivity index (χ1) is 40.9. The van der Waals surface area contributed by atoms with Crippen molar-refractivity contribution >= 4 is 28.7 Å². The minimum Gasteiger partial charge on any atom is -0.468 e. The highest BCUT2D eigenvalue weighted by Gasteiger charge is 2.27.